The smallest absolute Gasteiger partial charge is 0.259 e. The van der Waals surface area contributed by atoms with Gasteiger partial charge in [0, 0.05) is 27.2 Å². The molecule has 1 saturated heterocycles. The largest absolute Gasteiger partial charge is 0.482 e. The number of aliphatic hydroxyl groups is 1. The van der Waals surface area contributed by atoms with Crippen LogP contribution >= 0.6 is 11.6 Å². The Bertz CT molecular complexity index is 700. The molecule has 1 aliphatic heterocycles. The number of likely N-dealkylation sites (N-methyl/N-ethyl adjacent to an activating group) is 1. The van der Waals surface area contributed by atoms with Crippen LogP contribution in [0.5, 0.6) is 5.75 Å². The Kier molecular flexibility index (Phi) is 6.08. The van der Waals surface area contributed by atoms with E-state index in [1.54, 1.807) is 14.1 Å². The van der Waals surface area contributed by atoms with Gasteiger partial charge in [-0.15, -0.1) is 0 Å². The molecule has 0 bridgehead atoms. The molecule has 134 valence electrons. The van der Waals surface area contributed by atoms with Gasteiger partial charge in [0.1, 0.15) is 5.75 Å². The molecule has 0 radical (unpaired) electrons. The molecular weight excluding hydrogens is 356 g/mol. The highest BCUT2D eigenvalue weighted by molar-refractivity contribution is 7.89. The van der Waals surface area contributed by atoms with Gasteiger partial charge < -0.3 is 14.7 Å². The van der Waals surface area contributed by atoms with Crippen molar-refractivity contribution in [3.8, 4) is 5.75 Å². The second-order valence-electron chi connectivity index (χ2n) is 5.80. The van der Waals surface area contributed by atoms with Crippen LogP contribution in [0.15, 0.2) is 23.1 Å². The maximum Gasteiger partial charge on any atom is 0.259 e. The van der Waals surface area contributed by atoms with E-state index in [0.717, 1.165) is 0 Å². The zero-order valence-corrected chi connectivity index (χ0v) is 15.2. The Morgan fingerprint density at radius 2 is 2.00 bits per heavy atom. The van der Waals surface area contributed by atoms with E-state index >= 15 is 0 Å². The van der Waals surface area contributed by atoms with Crippen molar-refractivity contribution in [1.29, 1.82) is 0 Å². The summed E-state index contributed by atoms with van der Waals surface area (Å²) in [6.45, 7) is 0.371. The van der Waals surface area contributed by atoms with Crippen molar-refractivity contribution in [3.05, 3.63) is 23.2 Å². The lowest BCUT2D eigenvalue weighted by Gasteiger charge is -2.28. The molecule has 0 aliphatic carbocycles. The molecule has 24 heavy (non-hydrogen) atoms. The second kappa shape index (κ2) is 7.69. The Hall–Kier alpha value is -1.35. The van der Waals surface area contributed by atoms with Crippen LogP contribution in [-0.4, -0.2) is 68.5 Å². The zero-order chi connectivity index (χ0) is 17.9. The molecule has 1 fully saturated rings. The van der Waals surface area contributed by atoms with Crippen molar-refractivity contribution in [3.63, 3.8) is 0 Å². The van der Waals surface area contributed by atoms with Crippen LogP contribution in [0.3, 0.4) is 0 Å². The van der Waals surface area contributed by atoms with Crippen molar-refractivity contribution in [2.75, 3.05) is 33.8 Å². The quantitative estimate of drug-likeness (QED) is 0.826. The Morgan fingerprint density at radius 3 is 2.54 bits per heavy atom. The summed E-state index contributed by atoms with van der Waals surface area (Å²) < 4.78 is 31.9. The predicted octanol–water partition coefficient (Wildman–Crippen LogP) is 0.952. The predicted molar refractivity (Wildman–Crippen MR) is 89.6 cm³/mol. The van der Waals surface area contributed by atoms with E-state index in [0.29, 0.717) is 12.8 Å². The van der Waals surface area contributed by atoms with E-state index in [2.05, 4.69) is 0 Å². The summed E-state index contributed by atoms with van der Waals surface area (Å²) in [5, 5.41) is 9.62. The highest BCUT2D eigenvalue weighted by Gasteiger charge is 2.29. The van der Waals surface area contributed by atoms with Crippen LogP contribution in [-0.2, 0) is 14.8 Å². The van der Waals surface area contributed by atoms with E-state index in [-0.39, 0.29) is 41.3 Å². The fourth-order valence-corrected chi connectivity index (χ4v) is 4.06. The Balaban J connectivity index is 2.12. The number of rotatable bonds is 5. The van der Waals surface area contributed by atoms with Crippen LogP contribution in [0, 0.1) is 0 Å². The minimum atomic E-state index is -3.66. The number of piperidine rings is 1. The summed E-state index contributed by atoms with van der Waals surface area (Å²) in [5.74, 6) is 0.0227. The van der Waals surface area contributed by atoms with Crippen LogP contribution < -0.4 is 4.74 Å². The van der Waals surface area contributed by atoms with E-state index in [4.69, 9.17) is 16.3 Å². The van der Waals surface area contributed by atoms with Crippen LogP contribution in [0.25, 0.3) is 0 Å². The molecule has 1 N–H and O–H groups in total. The number of aliphatic hydroxyl groups excluding tert-OH is 1. The van der Waals surface area contributed by atoms with E-state index in [1.807, 2.05) is 0 Å². The number of benzene rings is 1. The molecule has 0 unspecified atom stereocenters. The third-order valence-electron chi connectivity index (χ3n) is 3.81. The number of nitrogens with zero attached hydrogens (tertiary/aromatic N) is 2. The van der Waals surface area contributed by atoms with E-state index in [9.17, 15) is 18.3 Å². The van der Waals surface area contributed by atoms with Gasteiger partial charge in [0.2, 0.25) is 10.0 Å². The molecule has 1 amide bonds. The molecule has 1 heterocycles. The van der Waals surface area contributed by atoms with Crippen molar-refractivity contribution in [2.45, 2.75) is 23.8 Å². The van der Waals surface area contributed by atoms with Crippen LogP contribution in [0.2, 0.25) is 5.02 Å². The van der Waals surface area contributed by atoms with Gasteiger partial charge in [0.15, 0.2) is 6.61 Å². The topological polar surface area (TPSA) is 87.2 Å². The molecule has 1 aromatic rings. The van der Waals surface area contributed by atoms with Gasteiger partial charge in [-0.25, -0.2) is 8.42 Å². The number of sulfonamides is 1. The number of ether oxygens (including phenoxy) is 1. The number of hydrogen-bond acceptors (Lipinski definition) is 5. The maximum atomic E-state index is 12.6. The summed E-state index contributed by atoms with van der Waals surface area (Å²) in [6.07, 6.45) is 0.381. The highest BCUT2D eigenvalue weighted by atomic mass is 35.5. The lowest BCUT2D eigenvalue weighted by atomic mass is 10.1. The van der Waals surface area contributed by atoms with Gasteiger partial charge in [-0.3, -0.25) is 4.79 Å². The SMILES string of the molecule is CN(C)C(=O)COc1ccc(S(=O)(=O)N2CCC(O)CC2)cc1Cl. The minimum Gasteiger partial charge on any atom is -0.482 e. The fourth-order valence-electron chi connectivity index (χ4n) is 2.26. The fraction of sp³-hybridized carbons (Fsp3) is 0.533. The first-order valence-electron chi connectivity index (χ1n) is 7.52. The first-order chi connectivity index (χ1) is 11.2. The molecule has 1 aliphatic rings. The molecule has 0 spiro atoms. The first kappa shape index (κ1) is 19.0. The summed E-state index contributed by atoms with van der Waals surface area (Å²) in [7, 11) is -0.443. The molecule has 7 nitrogen and oxygen atoms in total. The van der Waals surface area contributed by atoms with Gasteiger partial charge in [-0.2, -0.15) is 4.31 Å². The summed E-state index contributed by atoms with van der Waals surface area (Å²) in [4.78, 5) is 13.0. The van der Waals surface area contributed by atoms with Crippen molar-refractivity contribution in [2.24, 2.45) is 0 Å². The highest BCUT2D eigenvalue weighted by Crippen LogP contribution is 2.29. The van der Waals surface area contributed by atoms with Crippen LogP contribution in [0.4, 0.5) is 0 Å². The number of amides is 1. The van der Waals surface area contributed by atoms with Gasteiger partial charge in [-0.1, -0.05) is 11.6 Å². The summed E-state index contributed by atoms with van der Waals surface area (Å²) >= 11 is 6.09. The lowest BCUT2D eigenvalue weighted by molar-refractivity contribution is -0.130. The van der Waals surface area contributed by atoms with Crippen molar-refractivity contribution < 1.29 is 23.1 Å². The normalized spacial score (nSPS) is 16.8. The van der Waals surface area contributed by atoms with Crippen molar-refractivity contribution >= 4 is 27.5 Å². The van der Waals surface area contributed by atoms with Gasteiger partial charge in [0.25, 0.3) is 5.91 Å². The molecule has 0 aromatic heterocycles. The number of carbonyl (C=O) groups excluding carboxylic acids is 1. The molecule has 9 heteroatoms. The molecule has 0 atom stereocenters. The Morgan fingerprint density at radius 1 is 1.38 bits per heavy atom. The standard InChI is InChI=1S/C15H21ClN2O5S/c1-17(2)15(20)10-23-14-4-3-12(9-13(14)16)24(21,22)18-7-5-11(19)6-8-18/h3-4,9,11,19H,5-8,10H2,1-2H3. The van der Waals surface area contributed by atoms with Crippen LogP contribution in [0.1, 0.15) is 12.8 Å². The van der Waals surface area contributed by atoms with Gasteiger partial charge >= 0.3 is 0 Å². The minimum absolute atomic E-state index is 0.0650. The zero-order valence-electron chi connectivity index (χ0n) is 13.6. The lowest BCUT2D eigenvalue weighted by Crippen LogP contribution is -2.39. The summed E-state index contributed by atoms with van der Waals surface area (Å²) in [5.41, 5.74) is 0. The van der Waals surface area contributed by atoms with E-state index < -0.39 is 16.1 Å². The average molecular weight is 377 g/mol. The average Bonchev–Trinajstić information content (AvgIpc) is 2.53. The first-order valence-corrected chi connectivity index (χ1v) is 9.34. The monoisotopic (exact) mass is 376 g/mol. The van der Waals surface area contributed by atoms with Gasteiger partial charge in [-0.05, 0) is 31.0 Å². The second-order valence-corrected chi connectivity index (χ2v) is 8.15. The van der Waals surface area contributed by atoms with E-state index in [1.165, 1.54) is 27.4 Å². The maximum absolute atomic E-state index is 12.6. The molecule has 2 rings (SSSR count). The molecule has 1 aromatic carbocycles. The third kappa shape index (κ3) is 4.38. The van der Waals surface area contributed by atoms with Crippen molar-refractivity contribution in [1.82, 2.24) is 9.21 Å². The summed E-state index contributed by atoms with van der Waals surface area (Å²) in [6, 6.07) is 4.16. The van der Waals surface area contributed by atoms with Gasteiger partial charge in [0.05, 0.1) is 16.0 Å². The third-order valence-corrected chi connectivity index (χ3v) is 6.00. The number of hydrogen-bond donors (Lipinski definition) is 1. The Labute approximate surface area is 146 Å². The molecule has 0 saturated carbocycles. The molecular formula is C15H21ClN2O5S. The number of carbonyl (C=O) groups is 1. The number of halogens is 1.